The van der Waals surface area contributed by atoms with Crippen molar-refractivity contribution < 1.29 is 0 Å². The van der Waals surface area contributed by atoms with Gasteiger partial charge >= 0.3 is 0 Å². The Morgan fingerprint density at radius 1 is 1.23 bits per heavy atom. The zero-order valence-electron chi connectivity index (χ0n) is 13.0. The van der Waals surface area contributed by atoms with E-state index in [4.69, 9.17) is 16.3 Å². The van der Waals surface area contributed by atoms with E-state index in [2.05, 4.69) is 30.9 Å². The Hall–Kier alpha value is -2.98. The van der Waals surface area contributed by atoms with Gasteiger partial charge in [-0.3, -0.25) is 0 Å². The number of hydrogen-bond acceptors (Lipinski definition) is 4. The Balaban J connectivity index is 2.38. The SMILES string of the molecule is CN1/C(=C\C=C\C(N)=C(C#N)C#N)C(C)(C)c2ccccc21. The predicted molar refractivity (Wildman–Crippen MR) is 87.5 cm³/mol. The van der Waals surface area contributed by atoms with Crippen LogP contribution < -0.4 is 10.6 Å². The van der Waals surface area contributed by atoms with Crippen LogP contribution in [0.3, 0.4) is 0 Å². The molecule has 0 radical (unpaired) electrons. The number of nitrogens with two attached hydrogens (primary N) is 1. The van der Waals surface area contributed by atoms with Gasteiger partial charge in [0, 0.05) is 23.8 Å². The van der Waals surface area contributed by atoms with Crippen molar-refractivity contribution in [2.45, 2.75) is 19.3 Å². The minimum atomic E-state index is -0.110. The summed E-state index contributed by atoms with van der Waals surface area (Å²) in [7, 11) is 2.03. The molecule has 0 fully saturated rings. The molecule has 0 atom stereocenters. The van der Waals surface area contributed by atoms with Gasteiger partial charge in [0.2, 0.25) is 0 Å². The lowest BCUT2D eigenvalue weighted by molar-refractivity contribution is 0.640. The molecule has 4 nitrogen and oxygen atoms in total. The highest BCUT2D eigenvalue weighted by Gasteiger charge is 2.37. The summed E-state index contributed by atoms with van der Waals surface area (Å²) in [6.07, 6.45) is 5.34. The maximum Gasteiger partial charge on any atom is 0.152 e. The quantitative estimate of drug-likeness (QED) is 0.670. The normalized spacial score (nSPS) is 17.1. The molecule has 0 spiro atoms. The molecule has 2 rings (SSSR count). The van der Waals surface area contributed by atoms with Crippen LogP contribution in [0.25, 0.3) is 0 Å². The van der Waals surface area contributed by atoms with Crippen molar-refractivity contribution in [3.05, 3.63) is 65.0 Å². The largest absolute Gasteiger partial charge is 0.397 e. The number of benzene rings is 1. The second kappa shape index (κ2) is 5.79. The van der Waals surface area contributed by atoms with E-state index in [1.165, 1.54) is 11.3 Å². The maximum atomic E-state index is 8.78. The molecule has 1 aromatic rings. The smallest absolute Gasteiger partial charge is 0.152 e. The summed E-state index contributed by atoms with van der Waals surface area (Å²) >= 11 is 0. The first-order valence-electron chi connectivity index (χ1n) is 6.95. The highest BCUT2D eigenvalue weighted by Crippen LogP contribution is 2.46. The van der Waals surface area contributed by atoms with Crippen LogP contribution in [0.5, 0.6) is 0 Å². The lowest BCUT2D eigenvalue weighted by Crippen LogP contribution is -2.22. The van der Waals surface area contributed by atoms with Crippen LogP contribution in [-0.4, -0.2) is 7.05 Å². The summed E-state index contributed by atoms with van der Waals surface area (Å²) in [5.74, 6) is 0. The topological polar surface area (TPSA) is 76.8 Å². The lowest BCUT2D eigenvalue weighted by atomic mass is 9.84. The van der Waals surface area contributed by atoms with Gasteiger partial charge in [0.05, 0.1) is 5.70 Å². The Bertz CT molecular complexity index is 751. The average Bonchev–Trinajstić information content (AvgIpc) is 2.70. The molecule has 0 aliphatic carbocycles. The van der Waals surface area contributed by atoms with Crippen LogP contribution in [0.4, 0.5) is 5.69 Å². The van der Waals surface area contributed by atoms with Crippen LogP contribution in [-0.2, 0) is 5.41 Å². The Labute approximate surface area is 131 Å². The van der Waals surface area contributed by atoms with Gasteiger partial charge in [-0.25, -0.2) is 0 Å². The fourth-order valence-electron chi connectivity index (χ4n) is 2.78. The molecular weight excluding hydrogens is 272 g/mol. The third kappa shape index (κ3) is 2.47. The summed E-state index contributed by atoms with van der Waals surface area (Å²) in [5, 5.41) is 17.6. The molecule has 0 saturated carbocycles. The molecule has 110 valence electrons. The summed E-state index contributed by atoms with van der Waals surface area (Å²) in [4.78, 5) is 2.15. The van der Waals surface area contributed by atoms with Gasteiger partial charge in [-0.1, -0.05) is 38.1 Å². The first kappa shape index (κ1) is 15.4. The van der Waals surface area contributed by atoms with E-state index < -0.39 is 0 Å². The number of anilines is 1. The Morgan fingerprint density at radius 3 is 2.45 bits per heavy atom. The van der Waals surface area contributed by atoms with Crippen molar-refractivity contribution >= 4 is 5.69 Å². The van der Waals surface area contributed by atoms with Crippen molar-refractivity contribution in [2.24, 2.45) is 5.73 Å². The molecule has 1 aliphatic heterocycles. The van der Waals surface area contributed by atoms with E-state index in [1.54, 1.807) is 24.3 Å². The molecule has 2 N–H and O–H groups in total. The average molecular weight is 290 g/mol. The number of fused-ring (bicyclic) bond motifs is 1. The molecule has 1 heterocycles. The maximum absolute atomic E-state index is 8.78. The van der Waals surface area contributed by atoms with Crippen LogP contribution in [0.15, 0.2) is 59.5 Å². The Kier molecular flexibility index (Phi) is 4.06. The van der Waals surface area contributed by atoms with Gasteiger partial charge in [-0.15, -0.1) is 0 Å². The van der Waals surface area contributed by atoms with Gasteiger partial charge in [-0.2, -0.15) is 10.5 Å². The third-order valence-electron chi connectivity index (χ3n) is 3.98. The summed E-state index contributed by atoms with van der Waals surface area (Å²) in [6, 6.07) is 11.9. The number of para-hydroxylation sites is 1. The molecule has 1 aromatic carbocycles. The van der Waals surface area contributed by atoms with Gasteiger partial charge in [0.15, 0.2) is 5.57 Å². The zero-order valence-corrected chi connectivity index (χ0v) is 13.0. The number of likely N-dealkylation sites (N-methyl/N-ethyl adjacent to an activating group) is 1. The van der Waals surface area contributed by atoms with Crippen molar-refractivity contribution in [1.82, 2.24) is 0 Å². The fraction of sp³-hybridized carbons (Fsp3) is 0.222. The minimum Gasteiger partial charge on any atom is -0.397 e. The zero-order chi connectivity index (χ0) is 16.3. The Morgan fingerprint density at radius 2 is 1.86 bits per heavy atom. The molecule has 22 heavy (non-hydrogen) atoms. The highest BCUT2D eigenvalue weighted by molar-refractivity contribution is 5.70. The van der Waals surface area contributed by atoms with E-state index in [9.17, 15) is 0 Å². The molecule has 0 aromatic heterocycles. The van der Waals surface area contributed by atoms with Crippen molar-refractivity contribution in [3.8, 4) is 12.1 Å². The van der Waals surface area contributed by atoms with Crippen molar-refractivity contribution in [3.63, 3.8) is 0 Å². The minimum absolute atomic E-state index is 0.0722. The standard InChI is InChI=1S/C18H18N4/c1-18(2)14-7-4-5-9-16(14)22(3)17(18)10-6-8-15(21)13(11-19)12-20/h4-10H,21H2,1-3H3/b8-6+,17-10-. The second-order valence-corrected chi connectivity index (χ2v) is 5.67. The number of allylic oxidation sites excluding steroid dienone is 5. The summed E-state index contributed by atoms with van der Waals surface area (Å²) in [6.45, 7) is 4.34. The van der Waals surface area contributed by atoms with Gasteiger partial charge in [0.1, 0.15) is 12.1 Å². The van der Waals surface area contributed by atoms with E-state index in [0.717, 1.165) is 5.70 Å². The molecule has 0 unspecified atom stereocenters. The molecule has 0 bridgehead atoms. The third-order valence-corrected chi connectivity index (χ3v) is 3.98. The van der Waals surface area contributed by atoms with Crippen LogP contribution >= 0.6 is 0 Å². The number of hydrogen-bond donors (Lipinski definition) is 1. The van der Waals surface area contributed by atoms with E-state index >= 15 is 0 Å². The van der Waals surface area contributed by atoms with E-state index in [1.807, 2.05) is 25.3 Å². The van der Waals surface area contributed by atoms with Crippen molar-refractivity contribution in [1.29, 1.82) is 10.5 Å². The molecule has 1 aliphatic rings. The monoisotopic (exact) mass is 290 g/mol. The molecular formula is C18H18N4. The van der Waals surface area contributed by atoms with Gasteiger partial charge in [0.25, 0.3) is 0 Å². The van der Waals surface area contributed by atoms with Gasteiger partial charge in [-0.05, 0) is 23.8 Å². The second-order valence-electron chi connectivity index (χ2n) is 5.67. The fourth-order valence-corrected chi connectivity index (χ4v) is 2.78. The molecule has 0 saturated heterocycles. The van der Waals surface area contributed by atoms with Crippen LogP contribution in [0.2, 0.25) is 0 Å². The summed E-state index contributed by atoms with van der Waals surface area (Å²) < 4.78 is 0. The number of rotatable bonds is 2. The van der Waals surface area contributed by atoms with Crippen molar-refractivity contribution in [2.75, 3.05) is 11.9 Å². The predicted octanol–water partition coefficient (Wildman–Crippen LogP) is 3.11. The van der Waals surface area contributed by atoms with Gasteiger partial charge < -0.3 is 10.6 Å². The molecule has 0 amide bonds. The van der Waals surface area contributed by atoms with E-state index in [-0.39, 0.29) is 16.7 Å². The first-order valence-corrected chi connectivity index (χ1v) is 6.95. The number of nitrogens with zero attached hydrogens (tertiary/aromatic N) is 3. The molecule has 4 heteroatoms. The van der Waals surface area contributed by atoms with Crippen LogP contribution in [0.1, 0.15) is 19.4 Å². The summed E-state index contributed by atoms with van der Waals surface area (Å²) in [5.41, 5.74) is 9.30. The number of nitriles is 2. The van der Waals surface area contributed by atoms with Crippen LogP contribution in [0, 0.1) is 22.7 Å². The van der Waals surface area contributed by atoms with E-state index in [0.29, 0.717) is 0 Å². The first-order chi connectivity index (χ1) is 10.4. The highest BCUT2D eigenvalue weighted by atomic mass is 15.2. The lowest BCUT2D eigenvalue weighted by Gasteiger charge is -2.23.